The zero-order valence-corrected chi connectivity index (χ0v) is 16.6. The lowest BCUT2D eigenvalue weighted by atomic mass is 10.2. The Hall–Kier alpha value is -2.44. The Bertz CT molecular complexity index is 841. The summed E-state index contributed by atoms with van der Waals surface area (Å²) in [5.74, 6) is -0.398. The Morgan fingerprint density at radius 2 is 1.81 bits per heavy atom. The fourth-order valence-electron chi connectivity index (χ4n) is 2.17. The number of rotatable bonds is 7. The molecule has 0 bridgehead atoms. The normalized spacial score (nSPS) is 11.4. The molecule has 0 radical (unpaired) electrons. The first kappa shape index (κ1) is 20.9. The summed E-state index contributed by atoms with van der Waals surface area (Å²) in [7, 11) is 1.50. The van der Waals surface area contributed by atoms with E-state index in [4.69, 9.17) is 37.4 Å². The van der Waals surface area contributed by atoms with Crippen molar-refractivity contribution in [3.05, 3.63) is 52.0 Å². The maximum Gasteiger partial charge on any atom is 0.347 e. The molecule has 27 heavy (non-hydrogen) atoms. The molecule has 0 fully saturated rings. The molecule has 8 heteroatoms. The Kier molecular flexibility index (Phi) is 7.33. The number of benzene rings is 2. The highest BCUT2D eigenvalue weighted by molar-refractivity contribution is 6.35. The zero-order valence-electron chi connectivity index (χ0n) is 15.0. The minimum Gasteiger partial charge on any atom is -0.495 e. The predicted molar refractivity (Wildman–Crippen MR) is 104 cm³/mol. The third-order valence-corrected chi connectivity index (χ3v) is 4.03. The number of methoxy groups -OCH3 is 1. The maximum atomic E-state index is 12.0. The lowest BCUT2D eigenvalue weighted by Gasteiger charge is -2.15. The molecule has 0 aromatic heterocycles. The molecule has 0 saturated heterocycles. The van der Waals surface area contributed by atoms with E-state index in [2.05, 4.69) is 5.32 Å². The van der Waals surface area contributed by atoms with Crippen molar-refractivity contribution in [1.82, 2.24) is 0 Å². The molecule has 2 aromatic rings. The van der Waals surface area contributed by atoms with E-state index >= 15 is 0 Å². The van der Waals surface area contributed by atoms with E-state index < -0.39 is 24.6 Å². The van der Waals surface area contributed by atoms with Crippen molar-refractivity contribution in [2.75, 3.05) is 19.0 Å². The third-order valence-electron chi connectivity index (χ3n) is 3.50. The number of aryl methyl sites for hydroxylation is 1. The average Bonchev–Trinajstić information content (AvgIpc) is 2.62. The fourth-order valence-corrected chi connectivity index (χ4v) is 2.62. The summed E-state index contributed by atoms with van der Waals surface area (Å²) in [6, 6.07) is 9.98. The van der Waals surface area contributed by atoms with Gasteiger partial charge in [0.2, 0.25) is 0 Å². The van der Waals surface area contributed by atoms with Crippen LogP contribution in [0.25, 0.3) is 0 Å². The van der Waals surface area contributed by atoms with Crippen LogP contribution in [0, 0.1) is 6.92 Å². The topological polar surface area (TPSA) is 73.9 Å². The summed E-state index contributed by atoms with van der Waals surface area (Å²) < 4.78 is 15.6. The number of ether oxygens (including phenoxy) is 3. The van der Waals surface area contributed by atoms with Crippen LogP contribution in [0.5, 0.6) is 11.5 Å². The first-order chi connectivity index (χ1) is 12.8. The van der Waals surface area contributed by atoms with Gasteiger partial charge >= 0.3 is 5.97 Å². The van der Waals surface area contributed by atoms with Gasteiger partial charge in [-0.3, -0.25) is 4.79 Å². The van der Waals surface area contributed by atoms with Gasteiger partial charge in [0.15, 0.2) is 12.7 Å². The number of amides is 1. The number of anilines is 1. The van der Waals surface area contributed by atoms with E-state index in [1.165, 1.54) is 20.1 Å². The number of hydrogen-bond donors (Lipinski definition) is 1. The molecule has 0 saturated carbocycles. The number of carbonyl (C=O) groups is 2. The van der Waals surface area contributed by atoms with Crippen LogP contribution in [0.2, 0.25) is 10.0 Å². The minimum absolute atomic E-state index is 0.270. The number of halogens is 2. The van der Waals surface area contributed by atoms with Gasteiger partial charge in [0.25, 0.3) is 5.91 Å². The van der Waals surface area contributed by atoms with E-state index in [1.807, 2.05) is 13.0 Å². The molecular weight excluding hydrogens is 393 g/mol. The highest BCUT2D eigenvalue weighted by Gasteiger charge is 2.19. The van der Waals surface area contributed by atoms with Gasteiger partial charge in [0.1, 0.15) is 11.5 Å². The molecule has 2 rings (SSSR count). The largest absolute Gasteiger partial charge is 0.495 e. The second kappa shape index (κ2) is 9.48. The zero-order chi connectivity index (χ0) is 20.0. The number of esters is 1. The number of carbonyl (C=O) groups excluding carboxylic acids is 2. The first-order valence-corrected chi connectivity index (χ1v) is 8.78. The lowest BCUT2D eigenvalue weighted by Crippen LogP contribution is -2.29. The van der Waals surface area contributed by atoms with Gasteiger partial charge in [-0.1, -0.05) is 29.3 Å². The molecule has 1 amide bonds. The van der Waals surface area contributed by atoms with Crippen LogP contribution < -0.4 is 14.8 Å². The summed E-state index contributed by atoms with van der Waals surface area (Å²) in [5.41, 5.74) is 1.45. The predicted octanol–water partition coefficient (Wildman–Crippen LogP) is 4.26. The monoisotopic (exact) mass is 411 g/mol. The van der Waals surface area contributed by atoms with Gasteiger partial charge in [-0.15, -0.1) is 0 Å². The van der Waals surface area contributed by atoms with Crippen molar-refractivity contribution in [3.8, 4) is 11.5 Å². The lowest BCUT2D eigenvalue weighted by molar-refractivity contribution is -0.153. The Balaban J connectivity index is 1.89. The van der Waals surface area contributed by atoms with E-state index in [-0.39, 0.29) is 5.02 Å². The van der Waals surface area contributed by atoms with Crippen molar-refractivity contribution in [2.45, 2.75) is 20.0 Å². The minimum atomic E-state index is -0.954. The molecule has 0 aliphatic rings. The first-order valence-electron chi connectivity index (χ1n) is 8.03. The Morgan fingerprint density at radius 3 is 2.48 bits per heavy atom. The summed E-state index contributed by atoms with van der Waals surface area (Å²) in [6.07, 6.45) is -0.954. The number of hydrogen-bond acceptors (Lipinski definition) is 5. The molecule has 0 heterocycles. The maximum absolute atomic E-state index is 12.0. The van der Waals surface area contributed by atoms with Gasteiger partial charge < -0.3 is 19.5 Å². The molecule has 0 spiro atoms. The van der Waals surface area contributed by atoms with E-state index in [9.17, 15) is 9.59 Å². The highest BCUT2D eigenvalue weighted by Crippen LogP contribution is 2.28. The Labute approximate surface area is 167 Å². The molecule has 0 unspecified atom stereocenters. The SMILES string of the molecule is COc1ccc(C)cc1NC(=O)COC(=O)[C@@H](C)Oc1ccc(Cl)cc1Cl. The number of nitrogens with one attached hydrogen (secondary N) is 1. The van der Waals surface area contributed by atoms with Crippen molar-refractivity contribution in [1.29, 1.82) is 0 Å². The molecular formula is C19H19Cl2NO5. The molecule has 0 aliphatic heterocycles. The van der Waals surface area contributed by atoms with Crippen molar-refractivity contribution in [3.63, 3.8) is 0 Å². The van der Waals surface area contributed by atoms with Gasteiger partial charge in [0, 0.05) is 5.02 Å². The smallest absolute Gasteiger partial charge is 0.347 e. The molecule has 2 aromatic carbocycles. The van der Waals surface area contributed by atoms with Gasteiger partial charge in [0.05, 0.1) is 17.8 Å². The molecule has 144 valence electrons. The van der Waals surface area contributed by atoms with Crippen LogP contribution in [-0.2, 0) is 14.3 Å². The van der Waals surface area contributed by atoms with Crippen LogP contribution in [0.15, 0.2) is 36.4 Å². The Morgan fingerprint density at radius 1 is 1.11 bits per heavy atom. The summed E-state index contributed by atoms with van der Waals surface area (Å²) >= 11 is 11.8. The van der Waals surface area contributed by atoms with Crippen molar-refractivity contribution < 1.29 is 23.8 Å². The second-order valence-corrected chi connectivity index (χ2v) is 6.54. The third kappa shape index (κ3) is 6.05. The van der Waals surface area contributed by atoms with E-state index in [1.54, 1.807) is 24.3 Å². The van der Waals surface area contributed by atoms with Gasteiger partial charge in [-0.25, -0.2) is 4.79 Å². The summed E-state index contributed by atoms with van der Waals surface area (Å²) in [5, 5.41) is 3.36. The molecule has 0 aliphatic carbocycles. The second-order valence-electron chi connectivity index (χ2n) is 5.69. The summed E-state index contributed by atoms with van der Waals surface area (Å²) in [6.45, 7) is 2.92. The van der Waals surface area contributed by atoms with Crippen LogP contribution in [-0.4, -0.2) is 31.7 Å². The van der Waals surface area contributed by atoms with Gasteiger partial charge in [-0.2, -0.15) is 0 Å². The quantitative estimate of drug-likeness (QED) is 0.688. The van der Waals surface area contributed by atoms with Crippen molar-refractivity contribution in [2.24, 2.45) is 0 Å². The average molecular weight is 412 g/mol. The molecule has 6 nitrogen and oxygen atoms in total. The van der Waals surface area contributed by atoms with Crippen LogP contribution in [0.1, 0.15) is 12.5 Å². The highest BCUT2D eigenvalue weighted by atomic mass is 35.5. The fraction of sp³-hybridized carbons (Fsp3) is 0.263. The van der Waals surface area contributed by atoms with Crippen LogP contribution >= 0.6 is 23.2 Å². The van der Waals surface area contributed by atoms with Crippen LogP contribution in [0.3, 0.4) is 0 Å². The van der Waals surface area contributed by atoms with Gasteiger partial charge in [-0.05, 0) is 49.7 Å². The standard InChI is InChI=1S/C19H19Cl2NO5/c1-11-4-6-17(25-3)15(8-11)22-18(23)10-26-19(24)12(2)27-16-7-5-13(20)9-14(16)21/h4-9,12H,10H2,1-3H3,(H,22,23)/t12-/m1/s1. The van der Waals surface area contributed by atoms with E-state index in [0.717, 1.165) is 5.56 Å². The van der Waals surface area contributed by atoms with Crippen LogP contribution in [0.4, 0.5) is 5.69 Å². The molecule has 1 N–H and O–H groups in total. The van der Waals surface area contributed by atoms with Crippen molar-refractivity contribution >= 4 is 40.8 Å². The molecule has 1 atom stereocenters. The van der Waals surface area contributed by atoms with E-state index in [0.29, 0.717) is 22.2 Å². The summed E-state index contributed by atoms with van der Waals surface area (Å²) in [4.78, 5) is 24.1.